The van der Waals surface area contributed by atoms with Crippen LogP contribution in [0.5, 0.6) is 23.0 Å². The van der Waals surface area contributed by atoms with Crippen molar-refractivity contribution < 1.29 is 19.7 Å². The first-order valence-corrected chi connectivity index (χ1v) is 12.3. The number of hydrogen-bond donors (Lipinski definition) is 2. The predicted octanol–water partition coefficient (Wildman–Crippen LogP) is 5.79. The smallest absolute Gasteiger partial charge is 0.140 e. The normalized spacial score (nSPS) is 22.5. The molecular formula is C27H29NO4S. The molecule has 6 heteroatoms. The molecule has 5 rings (SSSR count). The number of fused-ring (bicyclic) bond motifs is 1. The van der Waals surface area contributed by atoms with Crippen LogP contribution in [0.1, 0.15) is 35.8 Å². The minimum absolute atomic E-state index is 0.0738. The molecule has 0 radical (unpaired) electrons. The van der Waals surface area contributed by atoms with Gasteiger partial charge in [-0.25, -0.2) is 0 Å². The summed E-state index contributed by atoms with van der Waals surface area (Å²) in [7, 11) is 0. The van der Waals surface area contributed by atoms with Crippen LogP contribution < -0.4 is 9.47 Å². The van der Waals surface area contributed by atoms with Crippen molar-refractivity contribution in [1.82, 2.24) is 4.90 Å². The molecule has 33 heavy (non-hydrogen) atoms. The summed E-state index contributed by atoms with van der Waals surface area (Å²) in [6.07, 6.45) is 1.03. The van der Waals surface area contributed by atoms with Gasteiger partial charge in [0.05, 0.1) is 10.1 Å². The third-order valence-electron chi connectivity index (χ3n) is 6.30. The first-order chi connectivity index (χ1) is 16.0. The van der Waals surface area contributed by atoms with Crippen LogP contribution in [-0.4, -0.2) is 41.4 Å². The van der Waals surface area contributed by atoms with E-state index in [2.05, 4.69) is 24.0 Å². The van der Waals surface area contributed by atoms with E-state index >= 15 is 0 Å². The van der Waals surface area contributed by atoms with Crippen molar-refractivity contribution in [2.45, 2.75) is 29.6 Å². The number of ether oxygens (including phenoxy) is 2. The van der Waals surface area contributed by atoms with Gasteiger partial charge in [-0.05, 0) is 72.5 Å². The van der Waals surface area contributed by atoms with Crippen LogP contribution in [-0.2, 0) is 0 Å². The highest BCUT2D eigenvalue weighted by Crippen LogP contribution is 2.54. The number of hydrogen-bond acceptors (Lipinski definition) is 6. The maximum absolute atomic E-state index is 10.0. The Morgan fingerprint density at radius 1 is 1.00 bits per heavy atom. The Labute approximate surface area is 199 Å². The van der Waals surface area contributed by atoms with Gasteiger partial charge in [0.15, 0.2) is 0 Å². The van der Waals surface area contributed by atoms with Crippen LogP contribution in [0.2, 0.25) is 0 Å². The summed E-state index contributed by atoms with van der Waals surface area (Å²) < 4.78 is 12.4. The SMILES string of the molecule is CC1CCN(CCOc2ccc([C@@H]3Oc4ccc(O)cc4S[C@@H]3c3cccc(O)c3)cc2)C1. The van der Waals surface area contributed by atoms with Gasteiger partial charge >= 0.3 is 0 Å². The Kier molecular flexibility index (Phi) is 6.38. The Morgan fingerprint density at radius 3 is 2.58 bits per heavy atom. The fraction of sp³-hybridized carbons (Fsp3) is 0.333. The molecule has 0 amide bonds. The number of likely N-dealkylation sites (tertiary alicyclic amines) is 1. The van der Waals surface area contributed by atoms with E-state index in [1.54, 1.807) is 42.1 Å². The van der Waals surface area contributed by atoms with Gasteiger partial charge in [-0.15, -0.1) is 11.8 Å². The van der Waals surface area contributed by atoms with Crippen molar-refractivity contribution in [1.29, 1.82) is 0 Å². The zero-order valence-corrected chi connectivity index (χ0v) is 19.5. The van der Waals surface area contributed by atoms with Crippen LogP contribution in [0.3, 0.4) is 0 Å². The van der Waals surface area contributed by atoms with Crippen molar-refractivity contribution in [3.63, 3.8) is 0 Å². The van der Waals surface area contributed by atoms with Gasteiger partial charge in [0.25, 0.3) is 0 Å². The fourth-order valence-electron chi connectivity index (χ4n) is 4.55. The van der Waals surface area contributed by atoms with Crippen LogP contribution >= 0.6 is 11.8 Å². The largest absolute Gasteiger partial charge is 0.508 e. The third-order valence-corrected chi connectivity index (χ3v) is 7.65. The van der Waals surface area contributed by atoms with Crippen LogP contribution in [0.25, 0.3) is 0 Å². The molecule has 0 aromatic heterocycles. The van der Waals surface area contributed by atoms with E-state index in [1.165, 1.54) is 6.42 Å². The quantitative estimate of drug-likeness (QED) is 0.483. The maximum Gasteiger partial charge on any atom is 0.140 e. The van der Waals surface area contributed by atoms with Gasteiger partial charge in [-0.1, -0.05) is 31.2 Å². The van der Waals surface area contributed by atoms with E-state index < -0.39 is 0 Å². The Balaban J connectivity index is 1.33. The van der Waals surface area contributed by atoms with E-state index in [1.807, 2.05) is 24.3 Å². The minimum Gasteiger partial charge on any atom is -0.508 e. The van der Waals surface area contributed by atoms with Gasteiger partial charge < -0.3 is 19.7 Å². The Bertz CT molecular complexity index is 1100. The summed E-state index contributed by atoms with van der Waals surface area (Å²) in [5.74, 6) is 2.83. The minimum atomic E-state index is -0.242. The molecule has 1 unspecified atom stereocenters. The zero-order valence-electron chi connectivity index (χ0n) is 18.7. The van der Waals surface area contributed by atoms with Crippen molar-refractivity contribution in [2.24, 2.45) is 5.92 Å². The molecule has 2 N–H and O–H groups in total. The van der Waals surface area contributed by atoms with Crippen molar-refractivity contribution in [3.05, 3.63) is 77.9 Å². The number of phenols is 2. The van der Waals surface area contributed by atoms with E-state index in [4.69, 9.17) is 9.47 Å². The number of phenolic OH excluding ortho intramolecular Hbond substituents is 2. The lowest BCUT2D eigenvalue weighted by atomic mass is 10.00. The van der Waals surface area contributed by atoms with Crippen molar-refractivity contribution >= 4 is 11.8 Å². The summed E-state index contributed by atoms with van der Waals surface area (Å²) in [6, 6.07) is 20.6. The zero-order chi connectivity index (χ0) is 22.8. The third kappa shape index (κ3) is 5.07. The van der Waals surface area contributed by atoms with Crippen molar-refractivity contribution in [3.8, 4) is 23.0 Å². The standard InChI is InChI=1S/C27H29NO4S/c1-18-11-12-28(17-18)13-14-31-23-8-5-19(6-9-23)26-27(20-3-2-4-21(29)15-20)33-25-16-22(30)7-10-24(25)32-26/h2-10,15-16,18,26-27,29-30H,11-14,17H2,1H3/t18?,26-,27+/m0/s1. The summed E-state index contributed by atoms with van der Waals surface area (Å²) >= 11 is 1.64. The number of thioether (sulfide) groups is 1. The lowest BCUT2D eigenvalue weighted by Crippen LogP contribution is -2.25. The molecule has 5 nitrogen and oxygen atoms in total. The molecule has 0 spiro atoms. The van der Waals surface area contributed by atoms with E-state index in [-0.39, 0.29) is 22.9 Å². The molecule has 3 aromatic carbocycles. The molecular weight excluding hydrogens is 434 g/mol. The molecule has 2 heterocycles. The number of rotatable bonds is 6. The average Bonchev–Trinajstić information content (AvgIpc) is 3.23. The summed E-state index contributed by atoms with van der Waals surface area (Å²) in [5, 5.41) is 19.9. The van der Waals surface area contributed by atoms with E-state index in [0.717, 1.165) is 53.1 Å². The number of benzene rings is 3. The number of aromatic hydroxyl groups is 2. The number of nitrogens with zero attached hydrogens (tertiary/aromatic N) is 1. The molecule has 172 valence electrons. The second-order valence-electron chi connectivity index (χ2n) is 8.91. The van der Waals surface area contributed by atoms with Crippen LogP contribution in [0, 0.1) is 5.92 Å². The molecule has 1 fully saturated rings. The van der Waals surface area contributed by atoms with Gasteiger partial charge in [-0.2, -0.15) is 0 Å². The lowest BCUT2D eigenvalue weighted by Gasteiger charge is -2.34. The van der Waals surface area contributed by atoms with Crippen LogP contribution in [0.4, 0.5) is 0 Å². The Morgan fingerprint density at radius 2 is 1.82 bits per heavy atom. The van der Waals surface area contributed by atoms with Gasteiger partial charge in [0, 0.05) is 13.1 Å². The topological polar surface area (TPSA) is 62.2 Å². The summed E-state index contributed by atoms with van der Waals surface area (Å²) in [5.41, 5.74) is 2.01. The highest BCUT2D eigenvalue weighted by atomic mass is 32.2. The average molecular weight is 464 g/mol. The summed E-state index contributed by atoms with van der Waals surface area (Å²) in [4.78, 5) is 3.34. The molecule has 0 saturated carbocycles. The van der Waals surface area contributed by atoms with Crippen molar-refractivity contribution in [2.75, 3.05) is 26.2 Å². The molecule has 3 aromatic rings. The molecule has 0 aliphatic carbocycles. The van der Waals surface area contributed by atoms with Gasteiger partial charge in [0.1, 0.15) is 35.7 Å². The maximum atomic E-state index is 10.0. The molecule has 3 atom stereocenters. The van der Waals surface area contributed by atoms with Gasteiger partial charge in [-0.3, -0.25) is 4.90 Å². The first-order valence-electron chi connectivity index (χ1n) is 11.5. The lowest BCUT2D eigenvalue weighted by molar-refractivity contribution is 0.190. The highest BCUT2D eigenvalue weighted by molar-refractivity contribution is 7.99. The van der Waals surface area contributed by atoms with Gasteiger partial charge in [0.2, 0.25) is 0 Å². The molecule has 2 aliphatic rings. The van der Waals surface area contributed by atoms with Crippen LogP contribution in [0.15, 0.2) is 71.6 Å². The molecule has 0 bridgehead atoms. The highest BCUT2D eigenvalue weighted by Gasteiger charge is 2.34. The second-order valence-corrected chi connectivity index (χ2v) is 10.1. The van der Waals surface area contributed by atoms with E-state index in [9.17, 15) is 10.2 Å². The predicted molar refractivity (Wildman–Crippen MR) is 130 cm³/mol. The fourth-order valence-corrected chi connectivity index (χ4v) is 5.86. The molecule has 1 saturated heterocycles. The first kappa shape index (κ1) is 22.0. The summed E-state index contributed by atoms with van der Waals surface area (Å²) in [6.45, 7) is 6.27. The van der Waals surface area contributed by atoms with E-state index in [0.29, 0.717) is 6.61 Å². The monoisotopic (exact) mass is 463 g/mol. The second kappa shape index (κ2) is 9.57. The Hall–Kier alpha value is -2.83. The molecule has 2 aliphatic heterocycles.